The van der Waals surface area contributed by atoms with Crippen molar-refractivity contribution < 1.29 is 4.79 Å². The van der Waals surface area contributed by atoms with Crippen molar-refractivity contribution in [2.75, 3.05) is 26.7 Å². The molecule has 18 heavy (non-hydrogen) atoms. The molecule has 0 saturated carbocycles. The van der Waals surface area contributed by atoms with Crippen LogP contribution in [0.4, 0.5) is 0 Å². The summed E-state index contributed by atoms with van der Waals surface area (Å²) in [5, 5.41) is 3.20. The van der Waals surface area contributed by atoms with E-state index in [-0.39, 0.29) is 11.8 Å². The summed E-state index contributed by atoms with van der Waals surface area (Å²) in [4.78, 5) is 18.1. The lowest BCUT2D eigenvalue weighted by Crippen LogP contribution is -2.37. The number of aromatic nitrogens is 1. The van der Waals surface area contributed by atoms with Crippen LogP contribution in [0.25, 0.3) is 0 Å². The molecular formula is C14H23N3O. The van der Waals surface area contributed by atoms with Crippen LogP contribution in [0.1, 0.15) is 19.5 Å². The summed E-state index contributed by atoms with van der Waals surface area (Å²) < 4.78 is 0. The van der Waals surface area contributed by atoms with Crippen LogP contribution in [0, 0.1) is 5.92 Å². The second-order valence-corrected chi connectivity index (χ2v) is 4.54. The lowest BCUT2D eigenvalue weighted by molar-refractivity contribution is -0.133. The van der Waals surface area contributed by atoms with Crippen LogP contribution in [0.15, 0.2) is 24.4 Å². The summed E-state index contributed by atoms with van der Waals surface area (Å²) >= 11 is 0. The number of nitrogens with one attached hydrogen (secondary N) is 1. The highest BCUT2D eigenvalue weighted by molar-refractivity contribution is 5.78. The fraction of sp³-hybridized carbons (Fsp3) is 0.571. The molecule has 4 nitrogen and oxygen atoms in total. The monoisotopic (exact) mass is 249 g/mol. The number of likely N-dealkylation sites (N-methyl/N-ethyl adjacent to an activating group) is 1. The molecule has 100 valence electrons. The third-order valence-electron chi connectivity index (χ3n) is 2.93. The zero-order valence-electron chi connectivity index (χ0n) is 11.5. The first-order chi connectivity index (χ1) is 8.65. The predicted molar refractivity (Wildman–Crippen MR) is 73.3 cm³/mol. The lowest BCUT2D eigenvalue weighted by Gasteiger charge is -2.21. The summed E-state index contributed by atoms with van der Waals surface area (Å²) in [5.41, 5.74) is 1.02. The summed E-state index contributed by atoms with van der Waals surface area (Å²) in [5.74, 6) is 0.213. The van der Waals surface area contributed by atoms with Gasteiger partial charge in [-0.3, -0.25) is 9.78 Å². The maximum absolute atomic E-state index is 12.0. The quantitative estimate of drug-likeness (QED) is 0.793. The SMILES string of the molecule is CCNCC(C)C(=O)N(C)CCc1ccccn1. The van der Waals surface area contributed by atoms with E-state index >= 15 is 0 Å². The van der Waals surface area contributed by atoms with Gasteiger partial charge in [-0.15, -0.1) is 0 Å². The van der Waals surface area contributed by atoms with Crippen LogP contribution < -0.4 is 5.32 Å². The standard InChI is InChI=1S/C14H23N3O/c1-4-15-11-12(2)14(18)17(3)10-8-13-7-5-6-9-16-13/h5-7,9,12,15H,4,8,10-11H2,1-3H3. The van der Waals surface area contributed by atoms with Crippen LogP contribution in [-0.2, 0) is 11.2 Å². The second kappa shape index (κ2) is 7.82. The number of hydrogen-bond donors (Lipinski definition) is 1. The Morgan fingerprint density at radius 1 is 1.50 bits per heavy atom. The molecular weight excluding hydrogens is 226 g/mol. The average molecular weight is 249 g/mol. The van der Waals surface area contributed by atoms with Crippen molar-refractivity contribution in [3.05, 3.63) is 30.1 Å². The van der Waals surface area contributed by atoms with Crippen LogP contribution in [0.3, 0.4) is 0 Å². The molecule has 0 aromatic carbocycles. The van der Waals surface area contributed by atoms with E-state index in [2.05, 4.69) is 10.3 Å². The molecule has 0 aliphatic carbocycles. The molecule has 1 aromatic rings. The molecule has 1 heterocycles. The summed E-state index contributed by atoms with van der Waals surface area (Å²) in [7, 11) is 1.85. The van der Waals surface area contributed by atoms with E-state index in [1.165, 1.54) is 0 Å². The smallest absolute Gasteiger partial charge is 0.226 e. The topological polar surface area (TPSA) is 45.2 Å². The Morgan fingerprint density at radius 3 is 2.89 bits per heavy atom. The third-order valence-corrected chi connectivity index (χ3v) is 2.93. The van der Waals surface area contributed by atoms with E-state index in [0.29, 0.717) is 6.54 Å². The zero-order chi connectivity index (χ0) is 13.4. The highest BCUT2D eigenvalue weighted by Crippen LogP contribution is 2.02. The maximum Gasteiger partial charge on any atom is 0.226 e. The first-order valence-electron chi connectivity index (χ1n) is 6.50. The van der Waals surface area contributed by atoms with E-state index in [0.717, 1.165) is 25.2 Å². The van der Waals surface area contributed by atoms with Gasteiger partial charge in [-0.25, -0.2) is 0 Å². The Balaban J connectivity index is 2.35. The number of hydrogen-bond acceptors (Lipinski definition) is 3. The molecule has 1 aromatic heterocycles. The number of pyridine rings is 1. The molecule has 0 spiro atoms. The Labute approximate surface area is 109 Å². The lowest BCUT2D eigenvalue weighted by atomic mass is 10.1. The summed E-state index contributed by atoms with van der Waals surface area (Å²) in [6.07, 6.45) is 2.59. The molecule has 0 aliphatic heterocycles. The van der Waals surface area contributed by atoms with E-state index < -0.39 is 0 Å². The Bertz CT molecular complexity index is 353. The van der Waals surface area contributed by atoms with Gasteiger partial charge in [-0.05, 0) is 18.7 Å². The average Bonchev–Trinajstić information content (AvgIpc) is 2.42. The molecule has 1 atom stereocenters. The summed E-state index contributed by atoms with van der Waals surface area (Å²) in [6, 6.07) is 5.86. The van der Waals surface area contributed by atoms with Crippen molar-refractivity contribution in [1.82, 2.24) is 15.2 Å². The first kappa shape index (κ1) is 14.6. The van der Waals surface area contributed by atoms with Crippen molar-refractivity contribution >= 4 is 5.91 Å². The fourth-order valence-corrected chi connectivity index (χ4v) is 1.76. The van der Waals surface area contributed by atoms with Crippen molar-refractivity contribution in [1.29, 1.82) is 0 Å². The van der Waals surface area contributed by atoms with Gasteiger partial charge in [0, 0.05) is 44.4 Å². The third kappa shape index (κ3) is 4.84. The van der Waals surface area contributed by atoms with Gasteiger partial charge in [0.25, 0.3) is 0 Å². The van der Waals surface area contributed by atoms with Gasteiger partial charge < -0.3 is 10.2 Å². The van der Waals surface area contributed by atoms with Crippen molar-refractivity contribution in [3.8, 4) is 0 Å². The minimum atomic E-state index is 0.0266. The van der Waals surface area contributed by atoms with Gasteiger partial charge >= 0.3 is 0 Å². The number of nitrogens with zero attached hydrogens (tertiary/aromatic N) is 2. The van der Waals surface area contributed by atoms with Crippen LogP contribution in [-0.4, -0.2) is 42.5 Å². The molecule has 0 aliphatic rings. The minimum absolute atomic E-state index is 0.0266. The maximum atomic E-state index is 12.0. The second-order valence-electron chi connectivity index (χ2n) is 4.54. The van der Waals surface area contributed by atoms with E-state index in [1.54, 1.807) is 11.1 Å². The Kier molecular flexibility index (Phi) is 6.36. The van der Waals surface area contributed by atoms with Crippen molar-refractivity contribution in [2.24, 2.45) is 5.92 Å². The predicted octanol–water partition coefficient (Wildman–Crippen LogP) is 1.33. The van der Waals surface area contributed by atoms with E-state index in [4.69, 9.17) is 0 Å². The van der Waals surface area contributed by atoms with Crippen molar-refractivity contribution in [3.63, 3.8) is 0 Å². The largest absolute Gasteiger partial charge is 0.345 e. The van der Waals surface area contributed by atoms with Gasteiger partial charge in [-0.2, -0.15) is 0 Å². The molecule has 0 fully saturated rings. The molecule has 1 unspecified atom stereocenters. The highest BCUT2D eigenvalue weighted by Gasteiger charge is 2.16. The Hall–Kier alpha value is -1.42. The molecule has 0 bridgehead atoms. The fourth-order valence-electron chi connectivity index (χ4n) is 1.76. The molecule has 0 radical (unpaired) electrons. The van der Waals surface area contributed by atoms with Gasteiger partial charge in [0.05, 0.1) is 0 Å². The summed E-state index contributed by atoms with van der Waals surface area (Å²) in [6.45, 7) is 6.36. The van der Waals surface area contributed by atoms with Gasteiger partial charge in [0.15, 0.2) is 0 Å². The van der Waals surface area contributed by atoms with Crippen LogP contribution >= 0.6 is 0 Å². The number of rotatable bonds is 7. The van der Waals surface area contributed by atoms with Crippen LogP contribution in [0.5, 0.6) is 0 Å². The molecule has 1 amide bonds. The first-order valence-corrected chi connectivity index (χ1v) is 6.50. The van der Waals surface area contributed by atoms with Gasteiger partial charge in [0.1, 0.15) is 0 Å². The number of carbonyl (C=O) groups excluding carboxylic acids is 1. The molecule has 1 N–H and O–H groups in total. The van der Waals surface area contributed by atoms with Gasteiger partial charge in [-0.1, -0.05) is 19.9 Å². The molecule has 4 heteroatoms. The number of carbonyl (C=O) groups is 1. The normalized spacial score (nSPS) is 12.2. The minimum Gasteiger partial charge on any atom is -0.345 e. The highest BCUT2D eigenvalue weighted by atomic mass is 16.2. The van der Waals surface area contributed by atoms with Crippen molar-refractivity contribution in [2.45, 2.75) is 20.3 Å². The van der Waals surface area contributed by atoms with E-state index in [9.17, 15) is 4.79 Å². The van der Waals surface area contributed by atoms with Crippen LogP contribution in [0.2, 0.25) is 0 Å². The molecule has 0 saturated heterocycles. The Morgan fingerprint density at radius 2 is 2.28 bits per heavy atom. The zero-order valence-corrected chi connectivity index (χ0v) is 11.5. The number of amides is 1. The van der Waals surface area contributed by atoms with E-state index in [1.807, 2.05) is 39.1 Å². The van der Waals surface area contributed by atoms with Gasteiger partial charge in [0.2, 0.25) is 5.91 Å². The molecule has 1 rings (SSSR count).